The molecule has 0 unspecified atom stereocenters. The van der Waals surface area contributed by atoms with Gasteiger partial charge in [0.25, 0.3) is 0 Å². The van der Waals surface area contributed by atoms with Crippen LogP contribution in [0.4, 0.5) is 0 Å². The predicted octanol–water partition coefficient (Wildman–Crippen LogP) is -0.377. The fraction of sp³-hybridized carbons (Fsp3) is 0. The molecule has 0 saturated heterocycles. The van der Waals surface area contributed by atoms with Crippen molar-refractivity contribution in [3.8, 4) is 23.0 Å². The van der Waals surface area contributed by atoms with Crippen molar-refractivity contribution in [2.75, 3.05) is 0 Å². The van der Waals surface area contributed by atoms with E-state index in [0.29, 0.717) is 0 Å². The van der Waals surface area contributed by atoms with Crippen LogP contribution in [0.3, 0.4) is 0 Å². The maximum absolute atomic E-state index is 10.4. The molecule has 2 aromatic rings. The van der Waals surface area contributed by atoms with Gasteiger partial charge in [0.05, 0.1) is 9.79 Å². The Bertz CT molecular complexity index is 874. The van der Waals surface area contributed by atoms with Crippen LogP contribution in [0, 0.1) is 0 Å². The van der Waals surface area contributed by atoms with Crippen molar-refractivity contribution in [1.82, 2.24) is 0 Å². The standard InChI is InChI=1S/2C6H6O5S.Ca/c2*7-4-2-1-3-5(6(4)8)12(9,10)11;/h2*1-3,7-8H,(H,9,10,11);/q;;+2/p-2. The van der Waals surface area contributed by atoms with Crippen LogP contribution < -0.4 is 0 Å². The van der Waals surface area contributed by atoms with Gasteiger partial charge in [-0.25, -0.2) is 16.8 Å². The maximum Gasteiger partial charge on any atom is 2.00 e. The van der Waals surface area contributed by atoms with Crippen molar-refractivity contribution in [2.24, 2.45) is 0 Å². The number of hydrogen-bond acceptors (Lipinski definition) is 10. The maximum atomic E-state index is 10.4. The van der Waals surface area contributed by atoms with Crippen LogP contribution in [0.15, 0.2) is 46.2 Å². The van der Waals surface area contributed by atoms with Gasteiger partial charge in [0, 0.05) is 0 Å². The fourth-order valence-corrected chi connectivity index (χ4v) is 2.60. The van der Waals surface area contributed by atoms with Crippen LogP contribution in [0.5, 0.6) is 23.0 Å². The SMILES string of the molecule is O=S(=O)([O-])c1cccc(O)c1O.O=S(=O)([O-])c1cccc(O)c1O.[Ca+2]. The Morgan fingerprint density at radius 1 is 0.640 bits per heavy atom. The molecule has 0 aliphatic carbocycles. The summed E-state index contributed by atoms with van der Waals surface area (Å²) in [6.07, 6.45) is 0. The molecule has 0 spiro atoms. The van der Waals surface area contributed by atoms with Gasteiger partial charge in [-0.3, -0.25) is 0 Å². The third-order valence-electron chi connectivity index (χ3n) is 2.49. The topological polar surface area (TPSA) is 195 Å². The molecule has 2 rings (SSSR count). The molecule has 0 radical (unpaired) electrons. The van der Waals surface area contributed by atoms with Gasteiger partial charge < -0.3 is 29.5 Å². The molecule has 0 amide bonds. The van der Waals surface area contributed by atoms with Crippen molar-refractivity contribution in [1.29, 1.82) is 0 Å². The van der Waals surface area contributed by atoms with E-state index in [9.17, 15) is 25.9 Å². The Hall–Kier alpha value is -1.28. The molecule has 10 nitrogen and oxygen atoms in total. The smallest absolute Gasteiger partial charge is 0.744 e. The molecular formula is C12H10CaO10S2. The first-order valence-electron chi connectivity index (χ1n) is 5.79. The molecule has 0 aliphatic heterocycles. The van der Waals surface area contributed by atoms with E-state index in [-0.39, 0.29) is 37.7 Å². The summed E-state index contributed by atoms with van der Waals surface area (Å²) >= 11 is 0. The minimum atomic E-state index is -4.72. The molecule has 13 heteroatoms. The van der Waals surface area contributed by atoms with Gasteiger partial charge in [0.2, 0.25) is 0 Å². The molecule has 0 aromatic heterocycles. The van der Waals surface area contributed by atoms with Crippen LogP contribution in [0.1, 0.15) is 0 Å². The fourth-order valence-electron chi connectivity index (χ4n) is 1.42. The van der Waals surface area contributed by atoms with E-state index < -0.39 is 53.0 Å². The number of rotatable bonds is 2. The van der Waals surface area contributed by atoms with Crippen molar-refractivity contribution in [3.63, 3.8) is 0 Å². The van der Waals surface area contributed by atoms with E-state index in [4.69, 9.17) is 20.4 Å². The third kappa shape index (κ3) is 6.51. The van der Waals surface area contributed by atoms with E-state index in [1.807, 2.05) is 0 Å². The monoisotopic (exact) mass is 418 g/mol. The first-order chi connectivity index (χ1) is 10.9. The van der Waals surface area contributed by atoms with E-state index in [2.05, 4.69) is 0 Å². The summed E-state index contributed by atoms with van der Waals surface area (Å²) in [6, 6.07) is 6.28. The Morgan fingerprint density at radius 2 is 0.920 bits per heavy atom. The molecular weight excluding hydrogens is 408 g/mol. The Kier molecular flexibility index (Phi) is 8.44. The summed E-state index contributed by atoms with van der Waals surface area (Å²) < 4.78 is 62.3. The summed E-state index contributed by atoms with van der Waals surface area (Å²) in [6.45, 7) is 0. The van der Waals surface area contributed by atoms with Gasteiger partial charge in [-0.15, -0.1) is 0 Å². The average molecular weight is 418 g/mol. The normalized spacial score (nSPS) is 11.0. The van der Waals surface area contributed by atoms with Gasteiger partial charge in [0.1, 0.15) is 20.2 Å². The van der Waals surface area contributed by atoms with Crippen LogP contribution in [0.25, 0.3) is 0 Å². The van der Waals surface area contributed by atoms with E-state index >= 15 is 0 Å². The average Bonchev–Trinajstić information content (AvgIpc) is 2.43. The summed E-state index contributed by atoms with van der Waals surface area (Å²) in [5.41, 5.74) is 0. The Labute approximate surface area is 172 Å². The van der Waals surface area contributed by atoms with Crippen LogP contribution in [-0.2, 0) is 20.2 Å². The van der Waals surface area contributed by atoms with Gasteiger partial charge in [0.15, 0.2) is 23.0 Å². The minimum absolute atomic E-state index is 0. The van der Waals surface area contributed by atoms with Gasteiger partial charge in [-0.05, 0) is 24.3 Å². The van der Waals surface area contributed by atoms with E-state index in [0.717, 1.165) is 36.4 Å². The Morgan fingerprint density at radius 3 is 1.12 bits per heavy atom. The number of para-hydroxylation sites is 2. The van der Waals surface area contributed by atoms with Gasteiger partial charge in [-0.2, -0.15) is 0 Å². The van der Waals surface area contributed by atoms with Gasteiger partial charge >= 0.3 is 37.7 Å². The molecule has 0 aliphatic rings. The summed E-state index contributed by atoms with van der Waals surface area (Å²) in [4.78, 5) is -1.63. The second-order valence-corrected chi connectivity index (χ2v) is 6.85. The molecule has 0 heterocycles. The van der Waals surface area contributed by atoms with Crippen molar-refractivity contribution < 1.29 is 46.4 Å². The number of phenols is 4. The number of hydrogen-bond donors (Lipinski definition) is 4. The summed E-state index contributed by atoms with van der Waals surface area (Å²) in [7, 11) is -9.43. The predicted molar refractivity (Wildman–Crippen MR) is 81.2 cm³/mol. The molecule has 0 atom stereocenters. The third-order valence-corrected chi connectivity index (χ3v) is 4.23. The van der Waals surface area contributed by atoms with Crippen LogP contribution >= 0.6 is 0 Å². The first kappa shape index (κ1) is 23.7. The van der Waals surface area contributed by atoms with Crippen LogP contribution in [0.2, 0.25) is 0 Å². The van der Waals surface area contributed by atoms with Crippen molar-refractivity contribution in [3.05, 3.63) is 36.4 Å². The second-order valence-electron chi connectivity index (χ2n) is 4.16. The quantitative estimate of drug-likeness (QED) is 0.283. The first-order valence-corrected chi connectivity index (χ1v) is 8.61. The zero-order valence-electron chi connectivity index (χ0n) is 12.2. The molecule has 2 aromatic carbocycles. The Balaban J connectivity index is 0.000000443. The number of benzene rings is 2. The largest absolute Gasteiger partial charge is 2.00 e. The van der Waals surface area contributed by atoms with Crippen molar-refractivity contribution >= 4 is 58.0 Å². The molecule has 0 fully saturated rings. The van der Waals surface area contributed by atoms with E-state index in [1.165, 1.54) is 0 Å². The zero-order chi connectivity index (χ0) is 18.7. The summed E-state index contributed by atoms with van der Waals surface area (Å²) in [5.74, 6) is -3.08. The molecule has 132 valence electrons. The van der Waals surface area contributed by atoms with Gasteiger partial charge in [-0.1, -0.05) is 12.1 Å². The molecule has 4 N–H and O–H groups in total. The number of aromatic hydroxyl groups is 4. The van der Waals surface area contributed by atoms with Crippen LogP contribution in [-0.4, -0.2) is 84.1 Å². The number of phenolic OH excluding ortho intramolecular Hbond substituents is 4. The van der Waals surface area contributed by atoms with Crippen molar-refractivity contribution in [2.45, 2.75) is 9.79 Å². The zero-order valence-corrected chi connectivity index (χ0v) is 16.1. The minimum Gasteiger partial charge on any atom is -0.744 e. The molecule has 0 bridgehead atoms. The molecule has 25 heavy (non-hydrogen) atoms. The summed E-state index contributed by atoms with van der Waals surface area (Å²) in [5, 5.41) is 35.4. The second kappa shape index (κ2) is 8.89. The van der Waals surface area contributed by atoms with E-state index in [1.54, 1.807) is 0 Å². The molecule has 0 saturated carbocycles.